The maximum Gasteiger partial charge on any atom is 0.332 e. The Labute approximate surface area is 65.5 Å². The van der Waals surface area contributed by atoms with Gasteiger partial charge in [0.15, 0.2) is 0 Å². The van der Waals surface area contributed by atoms with Crippen molar-refractivity contribution in [3.8, 4) is 0 Å². The van der Waals surface area contributed by atoms with Crippen LogP contribution >= 0.6 is 0 Å². The molecule has 3 nitrogen and oxygen atoms in total. The van der Waals surface area contributed by atoms with Gasteiger partial charge in [0.2, 0.25) is 0 Å². The van der Waals surface area contributed by atoms with E-state index in [0.717, 1.165) is 6.42 Å². The zero-order chi connectivity index (χ0) is 8.10. The summed E-state index contributed by atoms with van der Waals surface area (Å²) >= 11 is 0. The molecule has 0 aliphatic carbocycles. The molecule has 1 rings (SSSR count). The fourth-order valence-electron chi connectivity index (χ4n) is 0.747. The first-order chi connectivity index (χ1) is 5.33. The van der Waals surface area contributed by atoms with Crippen LogP contribution in [0.2, 0.25) is 0 Å². The molecule has 0 saturated heterocycles. The lowest BCUT2D eigenvalue weighted by Gasteiger charge is -2.01. The molecule has 0 radical (unpaired) electrons. The van der Waals surface area contributed by atoms with E-state index in [0.29, 0.717) is 6.42 Å². The molecule has 11 heavy (non-hydrogen) atoms. The van der Waals surface area contributed by atoms with Gasteiger partial charge in [0.05, 0.1) is 0 Å². The van der Waals surface area contributed by atoms with Crippen LogP contribution in [0.4, 0.5) is 0 Å². The first-order valence-electron chi connectivity index (χ1n) is 3.67. The third-order valence-corrected chi connectivity index (χ3v) is 1.24. The Kier molecular flexibility index (Phi) is 2.72. The van der Waals surface area contributed by atoms with E-state index in [9.17, 15) is 4.79 Å². The van der Waals surface area contributed by atoms with E-state index < -0.39 is 0 Å². The number of carbonyl (C=O) groups excluding carboxylic acids is 1. The van der Waals surface area contributed by atoms with Crippen molar-refractivity contribution in [2.45, 2.75) is 19.8 Å². The molecule has 0 aromatic carbocycles. The van der Waals surface area contributed by atoms with Gasteiger partial charge in [-0.2, -0.15) is 4.73 Å². The molecule has 0 bridgehead atoms. The molecule has 1 heterocycles. The Balaban J connectivity index is 2.37. The van der Waals surface area contributed by atoms with Crippen LogP contribution in [0, 0.1) is 0 Å². The molecule has 0 atom stereocenters. The quantitative estimate of drug-likeness (QED) is 0.654. The number of rotatable bonds is 3. The second-order valence-corrected chi connectivity index (χ2v) is 2.26. The van der Waals surface area contributed by atoms with Gasteiger partial charge in [0.1, 0.15) is 0 Å². The van der Waals surface area contributed by atoms with Crippen LogP contribution in [0.1, 0.15) is 19.8 Å². The molecule has 0 aliphatic rings. The van der Waals surface area contributed by atoms with Gasteiger partial charge in [-0.1, -0.05) is 6.92 Å². The monoisotopic (exact) mass is 153 g/mol. The highest BCUT2D eigenvalue weighted by Crippen LogP contribution is 1.90. The van der Waals surface area contributed by atoms with Gasteiger partial charge >= 0.3 is 5.97 Å². The van der Waals surface area contributed by atoms with Crippen molar-refractivity contribution < 1.29 is 9.63 Å². The highest BCUT2D eigenvalue weighted by atomic mass is 16.7. The number of aromatic nitrogens is 1. The van der Waals surface area contributed by atoms with Gasteiger partial charge in [0, 0.05) is 18.8 Å². The van der Waals surface area contributed by atoms with Crippen molar-refractivity contribution in [1.29, 1.82) is 0 Å². The summed E-state index contributed by atoms with van der Waals surface area (Å²) < 4.78 is 1.40. The van der Waals surface area contributed by atoms with Gasteiger partial charge in [-0.3, -0.25) is 0 Å². The van der Waals surface area contributed by atoms with E-state index in [-0.39, 0.29) is 5.97 Å². The molecule has 0 spiro atoms. The maximum absolute atomic E-state index is 10.9. The Morgan fingerprint density at radius 1 is 1.45 bits per heavy atom. The summed E-state index contributed by atoms with van der Waals surface area (Å²) in [5.74, 6) is -0.191. The predicted molar refractivity (Wildman–Crippen MR) is 40.9 cm³/mol. The topological polar surface area (TPSA) is 31.2 Å². The molecule has 3 heteroatoms. The third kappa shape index (κ3) is 2.45. The standard InChI is InChI=1S/C8H11NO2/c1-2-5-8(10)11-9-6-3-4-7-9/h3-4,6-7H,2,5H2,1H3. The summed E-state index contributed by atoms with van der Waals surface area (Å²) in [5.41, 5.74) is 0. The summed E-state index contributed by atoms with van der Waals surface area (Å²) in [6, 6.07) is 3.61. The average molecular weight is 153 g/mol. The van der Waals surface area contributed by atoms with Crippen molar-refractivity contribution in [2.24, 2.45) is 0 Å². The second kappa shape index (κ2) is 3.81. The van der Waals surface area contributed by atoms with E-state index in [1.165, 1.54) is 4.73 Å². The van der Waals surface area contributed by atoms with Gasteiger partial charge in [0.25, 0.3) is 0 Å². The number of carbonyl (C=O) groups is 1. The van der Waals surface area contributed by atoms with Crippen LogP contribution in [-0.4, -0.2) is 10.7 Å². The molecule has 0 amide bonds. The Morgan fingerprint density at radius 3 is 2.64 bits per heavy atom. The van der Waals surface area contributed by atoms with Gasteiger partial charge in [-0.15, -0.1) is 0 Å². The minimum Gasteiger partial charge on any atom is -0.337 e. The van der Waals surface area contributed by atoms with Crippen LogP contribution < -0.4 is 4.84 Å². The summed E-state index contributed by atoms with van der Waals surface area (Å²) in [4.78, 5) is 15.7. The fraction of sp³-hybridized carbons (Fsp3) is 0.375. The molecule has 1 aromatic heterocycles. The fourth-order valence-corrected chi connectivity index (χ4v) is 0.747. The number of nitrogens with zero attached hydrogens (tertiary/aromatic N) is 1. The Hall–Kier alpha value is -1.25. The van der Waals surface area contributed by atoms with E-state index in [1.54, 1.807) is 24.5 Å². The van der Waals surface area contributed by atoms with Crippen LogP contribution in [0.15, 0.2) is 24.5 Å². The molecule has 0 fully saturated rings. The summed E-state index contributed by atoms with van der Waals surface area (Å²) in [5, 5.41) is 0. The molecule has 0 saturated carbocycles. The molecule has 0 aliphatic heterocycles. The molecular formula is C8H11NO2. The van der Waals surface area contributed by atoms with Crippen LogP contribution in [0.5, 0.6) is 0 Å². The van der Waals surface area contributed by atoms with Crippen LogP contribution in [0.25, 0.3) is 0 Å². The third-order valence-electron chi connectivity index (χ3n) is 1.24. The molecular weight excluding hydrogens is 142 g/mol. The van der Waals surface area contributed by atoms with E-state index in [1.807, 2.05) is 6.92 Å². The van der Waals surface area contributed by atoms with Crippen LogP contribution in [0.3, 0.4) is 0 Å². The van der Waals surface area contributed by atoms with Crippen LogP contribution in [-0.2, 0) is 4.79 Å². The molecule has 0 unspecified atom stereocenters. The van der Waals surface area contributed by atoms with Crippen molar-refractivity contribution in [3.05, 3.63) is 24.5 Å². The van der Waals surface area contributed by atoms with Crippen molar-refractivity contribution in [3.63, 3.8) is 0 Å². The number of hydrogen-bond donors (Lipinski definition) is 0. The van der Waals surface area contributed by atoms with E-state index >= 15 is 0 Å². The highest BCUT2D eigenvalue weighted by Gasteiger charge is 2.00. The number of hydrogen-bond acceptors (Lipinski definition) is 2. The highest BCUT2D eigenvalue weighted by molar-refractivity contribution is 5.69. The Bertz CT molecular complexity index is 216. The summed E-state index contributed by atoms with van der Waals surface area (Å²) in [7, 11) is 0. The summed E-state index contributed by atoms with van der Waals surface area (Å²) in [6.45, 7) is 1.94. The maximum atomic E-state index is 10.9. The van der Waals surface area contributed by atoms with E-state index in [2.05, 4.69) is 0 Å². The smallest absolute Gasteiger partial charge is 0.332 e. The van der Waals surface area contributed by atoms with Crippen molar-refractivity contribution in [2.75, 3.05) is 0 Å². The lowest BCUT2D eigenvalue weighted by Crippen LogP contribution is -2.17. The normalized spacial score (nSPS) is 9.55. The minimum absolute atomic E-state index is 0.191. The van der Waals surface area contributed by atoms with Gasteiger partial charge in [-0.05, 0) is 18.6 Å². The predicted octanol–water partition coefficient (Wildman–Crippen LogP) is 1.24. The first-order valence-corrected chi connectivity index (χ1v) is 3.67. The molecule has 1 aromatic rings. The van der Waals surface area contributed by atoms with E-state index in [4.69, 9.17) is 4.84 Å². The first kappa shape index (κ1) is 7.85. The lowest BCUT2D eigenvalue weighted by atomic mass is 10.3. The summed E-state index contributed by atoms with van der Waals surface area (Å²) in [6.07, 6.45) is 4.67. The SMILES string of the molecule is CCCC(=O)On1cccc1. The second-order valence-electron chi connectivity index (χ2n) is 2.26. The van der Waals surface area contributed by atoms with Crippen molar-refractivity contribution >= 4 is 5.97 Å². The largest absolute Gasteiger partial charge is 0.337 e. The minimum atomic E-state index is -0.191. The van der Waals surface area contributed by atoms with Gasteiger partial charge < -0.3 is 4.84 Å². The van der Waals surface area contributed by atoms with Crippen molar-refractivity contribution in [1.82, 2.24) is 4.73 Å². The lowest BCUT2D eigenvalue weighted by molar-refractivity contribution is -0.144. The zero-order valence-corrected chi connectivity index (χ0v) is 6.49. The molecule has 0 N–H and O–H groups in total. The zero-order valence-electron chi connectivity index (χ0n) is 6.49. The van der Waals surface area contributed by atoms with Gasteiger partial charge in [-0.25, -0.2) is 4.79 Å². The average Bonchev–Trinajstić information content (AvgIpc) is 2.40. The molecule has 60 valence electrons. The Morgan fingerprint density at radius 2 is 2.09 bits per heavy atom.